The third kappa shape index (κ3) is 3.66. The van der Waals surface area contributed by atoms with E-state index >= 15 is 0 Å². The third-order valence-corrected chi connectivity index (χ3v) is 7.47. The van der Waals surface area contributed by atoms with E-state index in [9.17, 15) is 4.79 Å². The van der Waals surface area contributed by atoms with Gasteiger partial charge in [-0.1, -0.05) is 40.0 Å². The number of fused-ring (bicyclic) bond motifs is 9. The van der Waals surface area contributed by atoms with Gasteiger partial charge in [0.1, 0.15) is 5.60 Å². The molecule has 7 atom stereocenters. The average molecular weight is 379 g/mol. The fourth-order valence-corrected chi connectivity index (χ4v) is 7.02. The lowest BCUT2D eigenvalue weighted by Crippen LogP contribution is -2.38. The second kappa shape index (κ2) is 6.35. The summed E-state index contributed by atoms with van der Waals surface area (Å²) in [6.45, 7) is 20.3. The van der Waals surface area contributed by atoms with Crippen molar-refractivity contribution in [3.05, 3.63) is 0 Å². The van der Waals surface area contributed by atoms with Crippen molar-refractivity contribution < 1.29 is 9.53 Å². The normalized spacial score (nSPS) is 42.3. The van der Waals surface area contributed by atoms with Crippen LogP contribution in [0.3, 0.4) is 0 Å². The van der Waals surface area contributed by atoms with Gasteiger partial charge in [0.25, 0.3) is 0 Å². The van der Waals surface area contributed by atoms with Gasteiger partial charge in [0.15, 0.2) is 0 Å². The average Bonchev–Trinajstić information content (AvgIpc) is 3.12. The molecule has 0 heterocycles. The summed E-state index contributed by atoms with van der Waals surface area (Å²) in [5.74, 6) is 5.29. The lowest BCUT2D eigenvalue weighted by molar-refractivity contribution is -0.163. The van der Waals surface area contributed by atoms with Gasteiger partial charge in [0.2, 0.25) is 0 Å². The van der Waals surface area contributed by atoms with Crippen molar-refractivity contribution >= 4 is 14.0 Å². The smallest absolute Gasteiger partial charge is 0.309 e. The van der Waals surface area contributed by atoms with E-state index < -0.39 is 8.07 Å². The molecular formula is C23H42O2Si. The van der Waals surface area contributed by atoms with E-state index in [1.807, 2.05) is 20.8 Å². The number of esters is 1. The largest absolute Gasteiger partial charge is 0.460 e. The van der Waals surface area contributed by atoms with Crippen LogP contribution in [0.2, 0.25) is 26.2 Å². The van der Waals surface area contributed by atoms with Crippen LogP contribution in [0.25, 0.3) is 0 Å². The van der Waals surface area contributed by atoms with Gasteiger partial charge in [-0.3, -0.25) is 4.79 Å². The molecule has 4 rings (SSSR count). The highest BCUT2D eigenvalue weighted by molar-refractivity contribution is 6.74. The minimum atomic E-state index is -0.611. The SMILES string of the molecule is CC(C)(C)OC(=O)C1CC2CC1C1C2C2CCC1C2(C)C.C[Si](C)(C)C. The summed E-state index contributed by atoms with van der Waals surface area (Å²) in [7, 11) is -0.611. The van der Waals surface area contributed by atoms with Crippen molar-refractivity contribution in [2.24, 2.45) is 46.8 Å². The van der Waals surface area contributed by atoms with Crippen LogP contribution in [0, 0.1) is 46.8 Å². The Kier molecular flexibility index (Phi) is 4.99. The molecule has 4 aliphatic carbocycles. The van der Waals surface area contributed by atoms with E-state index in [1.165, 1.54) is 19.3 Å². The van der Waals surface area contributed by atoms with Gasteiger partial charge in [-0.15, -0.1) is 0 Å². The molecule has 0 N–H and O–H groups in total. The van der Waals surface area contributed by atoms with E-state index in [1.54, 1.807) is 0 Å². The fraction of sp³-hybridized carbons (Fsp3) is 0.957. The summed E-state index contributed by atoms with van der Waals surface area (Å²) in [5, 5.41) is 0. The Hall–Kier alpha value is -0.313. The molecule has 2 nitrogen and oxygen atoms in total. The van der Waals surface area contributed by atoms with Crippen LogP contribution < -0.4 is 0 Å². The van der Waals surface area contributed by atoms with Crippen molar-refractivity contribution in [2.75, 3.05) is 0 Å². The van der Waals surface area contributed by atoms with E-state index in [0.717, 1.165) is 36.0 Å². The summed E-state index contributed by atoms with van der Waals surface area (Å²) in [6, 6.07) is 0. The molecule has 0 spiro atoms. The van der Waals surface area contributed by atoms with Crippen LogP contribution in [0.4, 0.5) is 0 Å². The molecule has 0 aromatic heterocycles. The van der Waals surface area contributed by atoms with Crippen molar-refractivity contribution in [1.82, 2.24) is 0 Å². The zero-order valence-corrected chi connectivity index (χ0v) is 19.7. The van der Waals surface area contributed by atoms with Crippen LogP contribution >= 0.6 is 0 Å². The second-order valence-electron chi connectivity index (χ2n) is 12.8. The maximum absolute atomic E-state index is 12.6. The Morgan fingerprint density at radius 2 is 1.46 bits per heavy atom. The minimum Gasteiger partial charge on any atom is -0.460 e. The zero-order valence-electron chi connectivity index (χ0n) is 18.7. The number of hydrogen-bond acceptors (Lipinski definition) is 2. The summed E-state index contributed by atoms with van der Waals surface area (Å²) in [6.07, 6.45) is 5.27. The van der Waals surface area contributed by atoms with Crippen molar-refractivity contribution in [2.45, 2.75) is 92.1 Å². The standard InChI is InChI=1S/C19H30O2.C4H12Si/c1-18(2,3)21-17(20)12-9-10-8-11(12)16-14-7-6-13(15(10)16)19(14,4)5;1-5(2,3)4/h10-16H,6-9H2,1-5H3;1-4H3. The van der Waals surface area contributed by atoms with E-state index in [4.69, 9.17) is 4.74 Å². The van der Waals surface area contributed by atoms with Crippen LogP contribution in [0.5, 0.6) is 0 Å². The lowest BCUT2D eigenvalue weighted by atomic mass is 9.67. The summed E-state index contributed by atoms with van der Waals surface area (Å²) in [4.78, 5) is 12.6. The van der Waals surface area contributed by atoms with Crippen molar-refractivity contribution in [3.8, 4) is 0 Å². The predicted octanol–water partition coefficient (Wildman–Crippen LogP) is 6.24. The topological polar surface area (TPSA) is 26.3 Å². The highest BCUT2D eigenvalue weighted by Crippen LogP contribution is 2.74. The van der Waals surface area contributed by atoms with E-state index in [-0.39, 0.29) is 17.5 Å². The van der Waals surface area contributed by atoms with Gasteiger partial charge < -0.3 is 4.74 Å². The highest BCUT2D eigenvalue weighted by Gasteiger charge is 2.69. The third-order valence-electron chi connectivity index (χ3n) is 7.47. The molecule has 150 valence electrons. The van der Waals surface area contributed by atoms with Crippen molar-refractivity contribution in [3.63, 3.8) is 0 Å². The molecule has 0 amide bonds. The van der Waals surface area contributed by atoms with E-state index in [0.29, 0.717) is 11.3 Å². The molecule has 4 aliphatic rings. The maximum Gasteiger partial charge on any atom is 0.309 e. The Balaban J connectivity index is 0.000000349. The summed E-state index contributed by atoms with van der Waals surface area (Å²) >= 11 is 0. The molecule has 7 unspecified atom stereocenters. The molecule has 0 aliphatic heterocycles. The Bertz CT molecular complexity index is 548. The van der Waals surface area contributed by atoms with Crippen LogP contribution in [-0.4, -0.2) is 19.6 Å². The first-order valence-electron chi connectivity index (χ1n) is 10.9. The molecule has 0 aromatic carbocycles. The van der Waals surface area contributed by atoms with Crippen LogP contribution in [0.1, 0.15) is 60.3 Å². The number of rotatable bonds is 1. The van der Waals surface area contributed by atoms with Crippen LogP contribution in [-0.2, 0) is 9.53 Å². The van der Waals surface area contributed by atoms with Gasteiger partial charge in [0, 0.05) is 8.07 Å². The lowest BCUT2D eigenvalue weighted by Gasteiger charge is -2.38. The number of ether oxygens (including phenoxy) is 1. The quantitative estimate of drug-likeness (QED) is 0.307. The minimum absolute atomic E-state index is 0.0917. The van der Waals surface area contributed by atoms with Gasteiger partial charge in [0.05, 0.1) is 5.92 Å². The fourth-order valence-electron chi connectivity index (χ4n) is 7.02. The molecular weight excluding hydrogens is 336 g/mol. The Morgan fingerprint density at radius 1 is 0.962 bits per heavy atom. The molecule has 4 fully saturated rings. The first kappa shape index (κ1) is 20.4. The molecule has 4 bridgehead atoms. The monoisotopic (exact) mass is 378 g/mol. The van der Waals surface area contributed by atoms with Gasteiger partial charge in [-0.25, -0.2) is 0 Å². The predicted molar refractivity (Wildman–Crippen MR) is 112 cm³/mol. The number of hydrogen-bond donors (Lipinski definition) is 0. The molecule has 0 radical (unpaired) electrons. The molecule has 3 heteroatoms. The van der Waals surface area contributed by atoms with E-state index in [2.05, 4.69) is 40.0 Å². The molecule has 0 saturated heterocycles. The molecule has 26 heavy (non-hydrogen) atoms. The second-order valence-corrected chi connectivity index (χ2v) is 18.8. The summed E-state index contributed by atoms with van der Waals surface area (Å²) in [5.41, 5.74) is 0.182. The number of carbonyl (C=O) groups is 1. The molecule has 0 aromatic rings. The van der Waals surface area contributed by atoms with Gasteiger partial charge in [-0.05, 0) is 87.4 Å². The van der Waals surface area contributed by atoms with Crippen molar-refractivity contribution in [1.29, 1.82) is 0 Å². The van der Waals surface area contributed by atoms with Gasteiger partial charge >= 0.3 is 5.97 Å². The Labute approximate surface area is 162 Å². The zero-order chi connectivity index (χ0) is 19.7. The van der Waals surface area contributed by atoms with Crippen LogP contribution in [0.15, 0.2) is 0 Å². The Morgan fingerprint density at radius 3 is 1.96 bits per heavy atom. The first-order valence-corrected chi connectivity index (χ1v) is 14.9. The van der Waals surface area contributed by atoms with Gasteiger partial charge in [-0.2, -0.15) is 0 Å². The number of carbonyl (C=O) groups excluding carboxylic acids is 1. The highest BCUT2D eigenvalue weighted by atomic mass is 28.3. The molecule has 4 saturated carbocycles. The first-order chi connectivity index (χ1) is 11.7. The maximum atomic E-state index is 12.6. The summed E-state index contributed by atoms with van der Waals surface area (Å²) < 4.78 is 5.72.